The number of hydrogen-bond acceptors (Lipinski definition) is 3. The number of aryl methyl sites for hydroxylation is 1. The van der Waals surface area contributed by atoms with Gasteiger partial charge in [0.2, 0.25) is 0 Å². The molecule has 0 fully saturated rings. The van der Waals surface area contributed by atoms with E-state index in [-0.39, 0.29) is 5.97 Å². The Morgan fingerprint density at radius 3 is 2.89 bits per heavy atom. The summed E-state index contributed by atoms with van der Waals surface area (Å²) in [5.41, 5.74) is 0.996. The lowest BCUT2D eigenvalue weighted by Crippen LogP contribution is -2.38. The van der Waals surface area contributed by atoms with Gasteiger partial charge in [0.25, 0.3) is 0 Å². The van der Waals surface area contributed by atoms with Gasteiger partial charge in [0.15, 0.2) is 0 Å². The molecule has 0 heterocycles. The highest BCUT2D eigenvalue weighted by molar-refractivity contribution is 5.74. The van der Waals surface area contributed by atoms with Crippen molar-refractivity contribution in [3.63, 3.8) is 0 Å². The molecule has 1 aliphatic carbocycles. The summed E-state index contributed by atoms with van der Waals surface area (Å²) in [5.74, 6) is -0.756. The average Bonchev–Trinajstić information content (AvgIpc) is 2.78. The van der Waals surface area contributed by atoms with E-state index in [0.29, 0.717) is 12.8 Å². The third-order valence-electron chi connectivity index (χ3n) is 4.17. The van der Waals surface area contributed by atoms with E-state index < -0.39 is 11.5 Å². The van der Waals surface area contributed by atoms with Gasteiger partial charge in [0.1, 0.15) is 5.60 Å². The number of rotatable bonds is 5. The largest absolute Gasteiger partial charge is 0.469 e. The summed E-state index contributed by atoms with van der Waals surface area (Å²) in [6, 6.07) is 7.86. The Labute approximate surface area is 114 Å². The van der Waals surface area contributed by atoms with Crippen LogP contribution in [0, 0.1) is 5.92 Å². The van der Waals surface area contributed by atoms with Gasteiger partial charge in [-0.1, -0.05) is 44.0 Å². The normalized spacial score (nSPS) is 22.9. The molecule has 1 N–H and O–H groups in total. The van der Waals surface area contributed by atoms with Crippen molar-refractivity contribution in [1.82, 2.24) is 0 Å². The Morgan fingerprint density at radius 2 is 2.21 bits per heavy atom. The smallest absolute Gasteiger partial charge is 0.311 e. The van der Waals surface area contributed by atoms with E-state index in [9.17, 15) is 9.90 Å². The number of carbonyl (C=O) groups is 1. The Bertz CT molecular complexity index is 455. The van der Waals surface area contributed by atoms with Crippen molar-refractivity contribution in [3.8, 4) is 0 Å². The van der Waals surface area contributed by atoms with Crippen LogP contribution in [0.15, 0.2) is 24.3 Å². The lowest BCUT2D eigenvalue weighted by molar-refractivity contribution is -0.157. The van der Waals surface area contributed by atoms with Crippen LogP contribution in [0.25, 0.3) is 0 Å². The molecule has 1 aromatic carbocycles. The van der Waals surface area contributed by atoms with E-state index in [1.54, 1.807) is 0 Å². The minimum absolute atomic E-state index is 0.298. The van der Waals surface area contributed by atoms with E-state index in [1.165, 1.54) is 7.11 Å². The first kappa shape index (κ1) is 14.1. The van der Waals surface area contributed by atoms with E-state index in [1.807, 2.05) is 24.3 Å². The predicted octanol–water partition coefficient (Wildman–Crippen LogP) is 2.80. The number of aliphatic hydroxyl groups is 1. The number of ether oxygens (including phenoxy) is 1. The third kappa shape index (κ3) is 2.52. The molecule has 0 bridgehead atoms. The number of carbonyl (C=O) groups excluding carboxylic acids is 1. The maximum Gasteiger partial charge on any atom is 0.311 e. The molecule has 3 nitrogen and oxygen atoms in total. The highest BCUT2D eigenvalue weighted by Crippen LogP contribution is 2.44. The fraction of sp³-hybridized carbons (Fsp3) is 0.562. The summed E-state index contributed by atoms with van der Waals surface area (Å²) in [6.45, 7) is 2.08. The molecular weight excluding hydrogens is 240 g/mol. The van der Waals surface area contributed by atoms with Crippen molar-refractivity contribution < 1.29 is 14.6 Å². The van der Waals surface area contributed by atoms with Crippen LogP contribution in [0.3, 0.4) is 0 Å². The summed E-state index contributed by atoms with van der Waals surface area (Å²) in [6.07, 6.45) is 4.03. The molecule has 1 aliphatic rings. The maximum absolute atomic E-state index is 12.0. The van der Waals surface area contributed by atoms with Crippen LogP contribution >= 0.6 is 0 Å². The van der Waals surface area contributed by atoms with Crippen LogP contribution in [0.1, 0.15) is 43.7 Å². The minimum atomic E-state index is -1.06. The van der Waals surface area contributed by atoms with Gasteiger partial charge in [-0.3, -0.25) is 4.79 Å². The molecule has 0 spiro atoms. The first-order chi connectivity index (χ1) is 9.13. The second-order valence-electron chi connectivity index (χ2n) is 5.30. The molecular formula is C16H22O3. The molecule has 0 amide bonds. The monoisotopic (exact) mass is 262 g/mol. The standard InChI is InChI=1S/C16H22O3/c1-3-4-8-14(15(17)19-2)16(18)11-10-12-7-5-6-9-13(12)16/h5-7,9,14,18H,3-4,8,10-11H2,1-2H3. The molecule has 0 aromatic heterocycles. The second-order valence-corrected chi connectivity index (χ2v) is 5.30. The van der Waals surface area contributed by atoms with Crippen molar-refractivity contribution in [2.75, 3.05) is 7.11 Å². The zero-order valence-corrected chi connectivity index (χ0v) is 11.7. The van der Waals surface area contributed by atoms with Crippen LogP contribution in [0.5, 0.6) is 0 Å². The Hall–Kier alpha value is -1.35. The first-order valence-electron chi connectivity index (χ1n) is 7.02. The molecule has 2 unspecified atom stereocenters. The molecule has 0 radical (unpaired) electrons. The minimum Gasteiger partial charge on any atom is -0.469 e. The SMILES string of the molecule is CCCCC(C(=O)OC)C1(O)CCc2ccccc21. The highest BCUT2D eigenvalue weighted by atomic mass is 16.5. The number of unbranched alkanes of at least 4 members (excludes halogenated alkanes) is 1. The Morgan fingerprint density at radius 1 is 1.47 bits per heavy atom. The van der Waals surface area contributed by atoms with E-state index in [4.69, 9.17) is 4.74 Å². The van der Waals surface area contributed by atoms with Gasteiger partial charge in [0.05, 0.1) is 13.0 Å². The molecule has 3 heteroatoms. The average molecular weight is 262 g/mol. The number of benzene rings is 1. The molecule has 19 heavy (non-hydrogen) atoms. The topological polar surface area (TPSA) is 46.5 Å². The second kappa shape index (κ2) is 5.74. The highest BCUT2D eigenvalue weighted by Gasteiger charge is 2.46. The molecule has 104 valence electrons. The van der Waals surface area contributed by atoms with Crippen molar-refractivity contribution >= 4 is 5.97 Å². The van der Waals surface area contributed by atoms with Crippen LogP contribution in [-0.4, -0.2) is 18.2 Å². The fourth-order valence-corrected chi connectivity index (χ4v) is 3.08. The quantitative estimate of drug-likeness (QED) is 0.830. The summed E-state index contributed by atoms with van der Waals surface area (Å²) >= 11 is 0. The predicted molar refractivity (Wildman–Crippen MR) is 73.7 cm³/mol. The molecule has 0 aliphatic heterocycles. The van der Waals surface area contributed by atoms with Gasteiger partial charge in [0, 0.05) is 0 Å². The molecule has 2 atom stereocenters. The van der Waals surface area contributed by atoms with Gasteiger partial charge in [-0.25, -0.2) is 0 Å². The lowest BCUT2D eigenvalue weighted by atomic mass is 9.79. The summed E-state index contributed by atoms with van der Waals surface area (Å²) < 4.78 is 4.90. The third-order valence-corrected chi connectivity index (χ3v) is 4.17. The maximum atomic E-state index is 12.0. The fourth-order valence-electron chi connectivity index (χ4n) is 3.08. The first-order valence-corrected chi connectivity index (χ1v) is 7.02. The van der Waals surface area contributed by atoms with Crippen molar-refractivity contribution in [2.45, 2.75) is 44.6 Å². The van der Waals surface area contributed by atoms with Crippen LogP contribution in [-0.2, 0) is 21.6 Å². The van der Waals surface area contributed by atoms with Gasteiger partial charge in [-0.15, -0.1) is 0 Å². The van der Waals surface area contributed by atoms with Crippen LogP contribution in [0.2, 0.25) is 0 Å². The molecule has 1 aromatic rings. The van der Waals surface area contributed by atoms with Gasteiger partial charge in [-0.05, 0) is 30.4 Å². The van der Waals surface area contributed by atoms with Gasteiger partial charge in [-0.2, -0.15) is 0 Å². The zero-order chi connectivity index (χ0) is 13.9. The van der Waals surface area contributed by atoms with E-state index in [0.717, 1.165) is 30.4 Å². The van der Waals surface area contributed by atoms with Crippen molar-refractivity contribution in [2.24, 2.45) is 5.92 Å². The number of methoxy groups -OCH3 is 1. The molecule has 0 saturated carbocycles. The van der Waals surface area contributed by atoms with Crippen molar-refractivity contribution in [3.05, 3.63) is 35.4 Å². The number of fused-ring (bicyclic) bond motifs is 1. The van der Waals surface area contributed by atoms with Crippen molar-refractivity contribution in [1.29, 1.82) is 0 Å². The van der Waals surface area contributed by atoms with E-state index in [2.05, 4.69) is 6.92 Å². The molecule has 2 rings (SSSR count). The summed E-state index contributed by atoms with van der Waals surface area (Å²) in [5, 5.41) is 11.0. The van der Waals surface area contributed by atoms with Crippen LogP contribution < -0.4 is 0 Å². The Kier molecular flexibility index (Phi) is 4.25. The van der Waals surface area contributed by atoms with Gasteiger partial charge >= 0.3 is 5.97 Å². The summed E-state index contributed by atoms with van der Waals surface area (Å²) in [4.78, 5) is 12.0. The number of esters is 1. The number of hydrogen-bond donors (Lipinski definition) is 1. The van der Waals surface area contributed by atoms with Crippen LogP contribution in [0.4, 0.5) is 0 Å². The lowest BCUT2D eigenvalue weighted by Gasteiger charge is -2.31. The molecule has 0 saturated heterocycles. The summed E-state index contributed by atoms with van der Waals surface area (Å²) in [7, 11) is 1.39. The zero-order valence-electron chi connectivity index (χ0n) is 11.7. The van der Waals surface area contributed by atoms with E-state index >= 15 is 0 Å². The van der Waals surface area contributed by atoms with Gasteiger partial charge < -0.3 is 9.84 Å². The Balaban J connectivity index is 2.33.